The predicted molar refractivity (Wildman–Crippen MR) is 102 cm³/mol. The third-order valence-electron chi connectivity index (χ3n) is 5.31. The minimum Gasteiger partial charge on any atom is -0.353 e. The molecule has 0 radical (unpaired) electrons. The number of amides is 1. The third-order valence-corrected chi connectivity index (χ3v) is 5.31. The number of carbonyl (C=O) groups is 1. The second kappa shape index (κ2) is 8.43. The van der Waals surface area contributed by atoms with Gasteiger partial charge in [0.25, 0.3) is 0 Å². The number of rotatable bonds is 6. The molecule has 1 saturated carbocycles. The lowest BCUT2D eigenvalue weighted by Crippen LogP contribution is -2.40. The summed E-state index contributed by atoms with van der Waals surface area (Å²) in [7, 11) is 2.00. The topological polar surface area (TPSA) is 54.0 Å². The summed E-state index contributed by atoms with van der Waals surface area (Å²) < 4.78 is 0. The van der Waals surface area contributed by atoms with Gasteiger partial charge in [0.1, 0.15) is 0 Å². The highest BCUT2D eigenvalue weighted by molar-refractivity contribution is 5.80. The van der Waals surface area contributed by atoms with Crippen LogP contribution in [0.25, 0.3) is 10.9 Å². The van der Waals surface area contributed by atoms with Gasteiger partial charge in [-0.05, 0) is 82.3 Å². The Kier molecular flexibility index (Phi) is 6.03. The number of pyridine rings is 1. The van der Waals surface area contributed by atoms with Crippen LogP contribution in [0.4, 0.5) is 0 Å². The van der Waals surface area contributed by atoms with E-state index >= 15 is 0 Å². The molecule has 0 bridgehead atoms. The molecule has 1 aliphatic rings. The zero-order chi connectivity index (χ0) is 17.6. The molecule has 0 aliphatic heterocycles. The molecule has 1 aromatic carbocycles. The molecule has 3 rings (SSSR count). The van der Waals surface area contributed by atoms with E-state index in [4.69, 9.17) is 0 Å². The van der Waals surface area contributed by atoms with E-state index in [0.717, 1.165) is 55.5 Å². The van der Waals surface area contributed by atoms with Gasteiger partial charge >= 0.3 is 0 Å². The Morgan fingerprint density at radius 3 is 2.80 bits per heavy atom. The summed E-state index contributed by atoms with van der Waals surface area (Å²) in [6, 6.07) is 10.5. The van der Waals surface area contributed by atoms with Crippen LogP contribution in [0.1, 0.15) is 38.2 Å². The second-order valence-corrected chi connectivity index (χ2v) is 7.42. The van der Waals surface area contributed by atoms with Crippen molar-refractivity contribution in [1.29, 1.82) is 0 Å². The zero-order valence-electron chi connectivity index (χ0n) is 15.3. The molecule has 1 heterocycles. The molecule has 0 saturated heterocycles. The van der Waals surface area contributed by atoms with Crippen LogP contribution in [0.15, 0.2) is 36.5 Å². The second-order valence-electron chi connectivity index (χ2n) is 7.42. The van der Waals surface area contributed by atoms with Crippen molar-refractivity contribution in [3.8, 4) is 0 Å². The Hall–Kier alpha value is -1.94. The first-order chi connectivity index (χ1) is 12.2. The van der Waals surface area contributed by atoms with Crippen LogP contribution in [0.5, 0.6) is 0 Å². The van der Waals surface area contributed by atoms with Gasteiger partial charge in [-0.1, -0.05) is 12.1 Å². The first-order valence-corrected chi connectivity index (χ1v) is 9.44. The van der Waals surface area contributed by atoms with E-state index in [1.807, 2.05) is 19.3 Å². The normalized spacial score (nSPS) is 21.8. The fraction of sp³-hybridized carbons (Fsp3) is 0.524. The van der Waals surface area contributed by atoms with Gasteiger partial charge in [-0.25, -0.2) is 0 Å². The van der Waals surface area contributed by atoms with E-state index in [2.05, 4.69) is 46.8 Å². The van der Waals surface area contributed by atoms with Crippen LogP contribution in [0.3, 0.4) is 0 Å². The lowest BCUT2D eigenvalue weighted by atomic mass is 9.81. The Morgan fingerprint density at radius 1 is 1.24 bits per heavy atom. The maximum absolute atomic E-state index is 12.5. The van der Waals surface area contributed by atoms with Crippen LogP contribution < -0.4 is 10.6 Å². The van der Waals surface area contributed by atoms with E-state index < -0.39 is 0 Å². The minimum absolute atomic E-state index is 0.150. The van der Waals surface area contributed by atoms with Crippen molar-refractivity contribution >= 4 is 16.8 Å². The van der Waals surface area contributed by atoms with E-state index in [-0.39, 0.29) is 17.9 Å². The Balaban J connectivity index is 1.51. The fourth-order valence-corrected chi connectivity index (χ4v) is 3.93. The van der Waals surface area contributed by atoms with Gasteiger partial charge < -0.3 is 10.6 Å². The van der Waals surface area contributed by atoms with Crippen LogP contribution in [0, 0.1) is 11.8 Å². The SMILES string of the molecule is CNCC1CCC(C(=O)NC(C)Cc2ccc3ncccc3c2)CC1. The number of benzene rings is 1. The number of nitrogens with one attached hydrogen (secondary N) is 2. The number of fused-ring (bicyclic) bond motifs is 1. The van der Waals surface area contributed by atoms with Crippen molar-refractivity contribution in [2.75, 3.05) is 13.6 Å². The average molecular weight is 339 g/mol. The van der Waals surface area contributed by atoms with Crippen molar-refractivity contribution in [1.82, 2.24) is 15.6 Å². The smallest absolute Gasteiger partial charge is 0.223 e. The summed E-state index contributed by atoms with van der Waals surface area (Å²) >= 11 is 0. The van der Waals surface area contributed by atoms with Crippen LogP contribution in [0.2, 0.25) is 0 Å². The predicted octanol–water partition coefficient (Wildman–Crippen LogP) is 3.31. The summed E-state index contributed by atoms with van der Waals surface area (Å²) in [5, 5.41) is 7.63. The molecule has 0 spiro atoms. The van der Waals surface area contributed by atoms with Crippen molar-refractivity contribution in [2.24, 2.45) is 11.8 Å². The highest BCUT2D eigenvalue weighted by atomic mass is 16.1. The molecule has 1 atom stereocenters. The highest BCUT2D eigenvalue weighted by Gasteiger charge is 2.26. The molecule has 2 aromatic rings. The molecule has 1 aliphatic carbocycles. The zero-order valence-corrected chi connectivity index (χ0v) is 15.3. The summed E-state index contributed by atoms with van der Waals surface area (Å²) in [6.07, 6.45) is 7.02. The maximum atomic E-state index is 12.5. The minimum atomic E-state index is 0.150. The largest absolute Gasteiger partial charge is 0.353 e. The summed E-state index contributed by atoms with van der Waals surface area (Å²) in [6.45, 7) is 3.17. The van der Waals surface area contributed by atoms with Crippen LogP contribution in [-0.4, -0.2) is 30.5 Å². The molecule has 1 unspecified atom stereocenters. The molecule has 1 fully saturated rings. The first-order valence-electron chi connectivity index (χ1n) is 9.44. The van der Waals surface area contributed by atoms with E-state index in [9.17, 15) is 4.79 Å². The number of hydrogen-bond acceptors (Lipinski definition) is 3. The number of nitrogens with zero attached hydrogens (tertiary/aromatic N) is 1. The summed E-state index contributed by atoms with van der Waals surface area (Å²) in [4.78, 5) is 16.9. The third kappa shape index (κ3) is 4.79. The molecule has 4 nitrogen and oxygen atoms in total. The quantitative estimate of drug-likeness (QED) is 0.849. The summed E-state index contributed by atoms with van der Waals surface area (Å²) in [5.74, 6) is 1.16. The van der Waals surface area contributed by atoms with Crippen LogP contribution >= 0.6 is 0 Å². The van der Waals surface area contributed by atoms with Crippen molar-refractivity contribution in [2.45, 2.75) is 45.1 Å². The molecule has 1 aromatic heterocycles. The molecular formula is C21H29N3O. The Morgan fingerprint density at radius 2 is 2.04 bits per heavy atom. The van der Waals surface area contributed by atoms with E-state index in [1.54, 1.807) is 0 Å². The molecule has 1 amide bonds. The van der Waals surface area contributed by atoms with Gasteiger partial charge in [0.05, 0.1) is 5.52 Å². The van der Waals surface area contributed by atoms with Gasteiger partial charge in [-0.15, -0.1) is 0 Å². The molecule has 25 heavy (non-hydrogen) atoms. The number of hydrogen-bond donors (Lipinski definition) is 2. The lowest BCUT2D eigenvalue weighted by Gasteiger charge is -2.28. The fourth-order valence-electron chi connectivity index (χ4n) is 3.93. The molecule has 134 valence electrons. The van der Waals surface area contributed by atoms with Gasteiger partial charge in [0.2, 0.25) is 5.91 Å². The Labute approximate surface area is 150 Å². The molecule has 2 N–H and O–H groups in total. The Bertz CT molecular complexity index is 707. The van der Waals surface area contributed by atoms with Gasteiger partial charge in [-0.3, -0.25) is 9.78 Å². The highest BCUT2D eigenvalue weighted by Crippen LogP contribution is 2.28. The average Bonchev–Trinajstić information content (AvgIpc) is 2.62. The first kappa shape index (κ1) is 17.9. The van der Waals surface area contributed by atoms with Gasteiger partial charge in [0.15, 0.2) is 0 Å². The van der Waals surface area contributed by atoms with Crippen molar-refractivity contribution < 1.29 is 4.79 Å². The standard InChI is InChI=1S/C21H29N3O/c1-15(12-17-7-10-20-19(13-17)4-3-11-23-20)24-21(25)18-8-5-16(6-9-18)14-22-2/h3-4,7,10-11,13,15-16,18,22H,5-6,8-9,12,14H2,1-2H3,(H,24,25). The maximum Gasteiger partial charge on any atom is 0.223 e. The van der Waals surface area contributed by atoms with Gasteiger partial charge in [-0.2, -0.15) is 0 Å². The molecule has 4 heteroatoms. The van der Waals surface area contributed by atoms with Crippen molar-refractivity contribution in [3.63, 3.8) is 0 Å². The van der Waals surface area contributed by atoms with Crippen LogP contribution in [-0.2, 0) is 11.2 Å². The number of carbonyl (C=O) groups excluding carboxylic acids is 1. The monoisotopic (exact) mass is 339 g/mol. The molecular weight excluding hydrogens is 310 g/mol. The number of aromatic nitrogens is 1. The van der Waals surface area contributed by atoms with Crippen molar-refractivity contribution in [3.05, 3.63) is 42.1 Å². The lowest BCUT2D eigenvalue weighted by molar-refractivity contribution is -0.126. The van der Waals surface area contributed by atoms with E-state index in [0.29, 0.717) is 0 Å². The summed E-state index contributed by atoms with van der Waals surface area (Å²) in [5.41, 5.74) is 2.26. The van der Waals surface area contributed by atoms with Gasteiger partial charge in [0, 0.05) is 23.5 Å². The van der Waals surface area contributed by atoms with E-state index in [1.165, 1.54) is 5.56 Å².